The lowest BCUT2D eigenvalue weighted by Crippen LogP contribution is -2.48. The minimum atomic E-state index is -0.227. The molecule has 0 aliphatic heterocycles. The summed E-state index contributed by atoms with van der Waals surface area (Å²) in [6.45, 7) is 2.73. The largest absolute Gasteiger partial charge is 0.361 e. The Morgan fingerprint density at radius 3 is 2.71 bits per heavy atom. The van der Waals surface area contributed by atoms with Gasteiger partial charge in [-0.2, -0.15) is 0 Å². The maximum Gasteiger partial charge on any atom is 0.166 e. The van der Waals surface area contributed by atoms with Crippen molar-refractivity contribution in [3.63, 3.8) is 0 Å². The number of nitrogens with two attached hydrogens (primary N) is 1. The average Bonchev–Trinajstić information content (AvgIpc) is 2.76. The lowest BCUT2D eigenvalue weighted by molar-refractivity contribution is -0.0897. The molecule has 0 unspecified atom stereocenters. The topological polar surface area (TPSA) is 61.3 Å². The van der Waals surface area contributed by atoms with Crippen LogP contribution in [0.1, 0.15) is 26.2 Å². The van der Waals surface area contributed by atoms with Crippen LogP contribution < -0.4 is 5.73 Å². The van der Waals surface area contributed by atoms with Gasteiger partial charge in [-0.15, -0.1) is 0 Å². The first-order valence-corrected chi connectivity index (χ1v) is 5.96. The fraction of sp³-hybridized carbons (Fsp3) is 0.462. The summed E-state index contributed by atoms with van der Waals surface area (Å²) in [6, 6.07) is 7.74. The van der Waals surface area contributed by atoms with Crippen LogP contribution in [0.4, 0.5) is 0 Å². The lowest BCUT2D eigenvalue weighted by atomic mass is 9.89. The van der Waals surface area contributed by atoms with E-state index >= 15 is 0 Å². The molecule has 2 N–H and O–H groups in total. The monoisotopic (exact) mass is 234 g/mol. The lowest BCUT2D eigenvalue weighted by Gasteiger charge is -2.37. The van der Waals surface area contributed by atoms with E-state index in [2.05, 4.69) is 5.16 Å². The SMILES string of the molecule is CCOC1(N)CCC1.c1ccc2oncc2c1. The van der Waals surface area contributed by atoms with Crippen LogP contribution in [-0.2, 0) is 4.74 Å². The maximum atomic E-state index is 5.69. The Balaban J connectivity index is 0.000000128. The Labute approximate surface area is 101 Å². The summed E-state index contributed by atoms with van der Waals surface area (Å²) in [5.41, 5.74) is 6.31. The van der Waals surface area contributed by atoms with Crippen LogP contribution >= 0.6 is 0 Å². The van der Waals surface area contributed by atoms with Gasteiger partial charge in [0.2, 0.25) is 0 Å². The van der Waals surface area contributed by atoms with Gasteiger partial charge < -0.3 is 15.0 Å². The van der Waals surface area contributed by atoms with Crippen molar-refractivity contribution >= 4 is 11.0 Å². The Bertz CT molecular complexity index is 433. The van der Waals surface area contributed by atoms with Crippen LogP contribution in [0.15, 0.2) is 35.0 Å². The third-order valence-corrected chi connectivity index (χ3v) is 2.89. The number of aromatic nitrogens is 1. The minimum absolute atomic E-state index is 0.227. The summed E-state index contributed by atoms with van der Waals surface area (Å²) in [4.78, 5) is 0. The third-order valence-electron chi connectivity index (χ3n) is 2.89. The molecule has 0 bridgehead atoms. The second-order valence-corrected chi connectivity index (χ2v) is 4.21. The predicted molar refractivity (Wildman–Crippen MR) is 66.4 cm³/mol. The van der Waals surface area contributed by atoms with Crippen LogP contribution in [-0.4, -0.2) is 17.5 Å². The molecule has 1 heterocycles. The van der Waals surface area contributed by atoms with E-state index in [9.17, 15) is 0 Å². The Kier molecular flexibility index (Phi) is 3.76. The van der Waals surface area contributed by atoms with E-state index in [1.54, 1.807) is 6.20 Å². The van der Waals surface area contributed by atoms with Gasteiger partial charge in [0, 0.05) is 12.0 Å². The zero-order valence-corrected chi connectivity index (χ0v) is 10.1. The number of rotatable bonds is 2. The number of para-hydroxylation sites is 1. The summed E-state index contributed by atoms with van der Waals surface area (Å²) < 4.78 is 10.1. The number of nitrogens with zero attached hydrogens (tertiary/aromatic N) is 1. The van der Waals surface area contributed by atoms with Gasteiger partial charge in [-0.25, -0.2) is 0 Å². The Hall–Kier alpha value is -1.39. The second kappa shape index (κ2) is 5.29. The molecule has 1 saturated carbocycles. The minimum Gasteiger partial charge on any atom is -0.361 e. The number of hydrogen-bond donors (Lipinski definition) is 1. The van der Waals surface area contributed by atoms with Gasteiger partial charge in [-0.05, 0) is 38.3 Å². The number of fused-ring (bicyclic) bond motifs is 1. The molecule has 17 heavy (non-hydrogen) atoms. The predicted octanol–water partition coefficient (Wildman–Crippen LogP) is 2.69. The number of hydrogen-bond acceptors (Lipinski definition) is 4. The van der Waals surface area contributed by atoms with Gasteiger partial charge >= 0.3 is 0 Å². The highest BCUT2D eigenvalue weighted by atomic mass is 16.5. The van der Waals surface area contributed by atoms with E-state index in [0.29, 0.717) is 0 Å². The molecule has 0 spiro atoms. The molecule has 1 aromatic heterocycles. The van der Waals surface area contributed by atoms with Crippen LogP contribution in [0.25, 0.3) is 11.0 Å². The maximum absolute atomic E-state index is 5.69. The summed E-state index contributed by atoms with van der Waals surface area (Å²) in [7, 11) is 0. The molecule has 1 fully saturated rings. The molecule has 1 aliphatic rings. The summed E-state index contributed by atoms with van der Waals surface area (Å²) in [5, 5.41) is 4.68. The van der Waals surface area contributed by atoms with Crippen LogP contribution in [0, 0.1) is 0 Å². The summed E-state index contributed by atoms with van der Waals surface area (Å²) in [6.07, 6.45) is 5.02. The molecule has 4 heteroatoms. The Morgan fingerprint density at radius 1 is 1.41 bits per heavy atom. The highest BCUT2D eigenvalue weighted by Gasteiger charge is 2.32. The highest BCUT2D eigenvalue weighted by molar-refractivity contribution is 5.75. The standard InChI is InChI=1S/C7H5NO.C6H13NO/c1-2-4-7-6(3-1)5-8-9-7;1-2-8-6(7)4-3-5-6/h1-5H;2-5,7H2,1H3. The first kappa shape index (κ1) is 12.1. The number of benzene rings is 1. The van der Waals surface area contributed by atoms with Gasteiger partial charge in [0.05, 0.1) is 6.20 Å². The van der Waals surface area contributed by atoms with Gasteiger partial charge in [-0.3, -0.25) is 0 Å². The molecule has 0 amide bonds. The summed E-state index contributed by atoms with van der Waals surface area (Å²) >= 11 is 0. The van der Waals surface area contributed by atoms with Gasteiger partial charge in [0.25, 0.3) is 0 Å². The van der Waals surface area contributed by atoms with Crippen molar-refractivity contribution in [2.24, 2.45) is 5.73 Å². The average molecular weight is 234 g/mol. The van der Waals surface area contributed by atoms with E-state index in [1.807, 2.05) is 31.2 Å². The van der Waals surface area contributed by atoms with Crippen LogP contribution in [0.2, 0.25) is 0 Å². The van der Waals surface area contributed by atoms with Gasteiger partial charge in [0.15, 0.2) is 5.58 Å². The number of ether oxygens (including phenoxy) is 1. The van der Waals surface area contributed by atoms with Crippen molar-refractivity contribution in [3.8, 4) is 0 Å². The second-order valence-electron chi connectivity index (χ2n) is 4.21. The van der Waals surface area contributed by atoms with Crippen molar-refractivity contribution in [2.45, 2.75) is 31.9 Å². The molecular formula is C13H18N2O2. The van der Waals surface area contributed by atoms with E-state index in [-0.39, 0.29) is 5.72 Å². The molecular weight excluding hydrogens is 216 g/mol. The zero-order valence-electron chi connectivity index (χ0n) is 10.1. The first-order chi connectivity index (χ1) is 8.23. The zero-order chi connectivity index (χ0) is 12.1. The molecule has 4 nitrogen and oxygen atoms in total. The normalized spacial score (nSPS) is 17.1. The van der Waals surface area contributed by atoms with Gasteiger partial charge in [-0.1, -0.05) is 17.3 Å². The van der Waals surface area contributed by atoms with Crippen molar-refractivity contribution in [1.82, 2.24) is 5.16 Å². The molecule has 92 valence electrons. The molecule has 1 aromatic carbocycles. The van der Waals surface area contributed by atoms with E-state index in [4.69, 9.17) is 15.0 Å². The highest BCUT2D eigenvalue weighted by Crippen LogP contribution is 2.29. The van der Waals surface area contributed by atoms with Gasteiger partial charge in [0.1, 0.15) is 5.72 Å². The van der Waals surface area contributed by atoms with Crippen molar-refractivity contribution in [3.05, 3.63) is 30.5 Å². The summed E-state index contributed by atoms with van der Waals surface area (Å²) in [5.74, 6) is 0. The molecule has 0 radical (unpaired) electrons. The van der Waals surface area contributed by atoms with Crippen molar-refractivity contribution in [2.75, 3.05) is 6.61 Å². The van der Waals surface area contributed by atoms with E-state index in [1.165, 1.54) is 6.42 Å². The molecule has 1 aliphatic carbocycles. The molecule has 2 aromatic rings. The fourth-order valence-electron chi connectivity index (χ4n) is 1.77. The molecule has 0 atom stereocenters. The molecule has 0 saturated heterocycles. The third kappa shape index (κ3) is 3.05. The van der Waals surface area contributed by atoms with E-state index < -0.39 is 0 Å². The molecule has 3 rings (SSSR count). The fourth-order valence-corrected chi connectivity index (χ4v) is 1.77. The van der Waals surface area contributed by atoms with Crippen LogP contribution in [0.5, 0.6) is 0 Å². The Morgan fingerprint density at radius 2 is 2.18 bits per heavy atom. The van der Waals surface area contributed by atoms with Crippen LogP contribution in [0.3, 0.4) is 0 Å². The van der Waals surface area contributed by atoms with Crippen molar-refractivity contribution < 1.29 is 9.26 Å². The first-order valence-electron chi connectivity index (χ1n) is 5.96. The van der Waals surface area contributed by atoms with E-state index in [0.717, 1.165) is 30.4 Å². The smallest absolute Gasteiger partial charge is 0.166 e. The quantitative estimate of drug-likeness (QED) is 0.811. The van der Waals surface area contributed by atoms with Crippen molar-refractivity contribution in [1.29, 1.82) is 0 Å².